The van der Waals surface area contributed by atoms with Crippen LogP contribution in [0.2, 0.25) is 5.02 Å². The fraction of sp³-hybridized carbons (Fsp3) is 0.375. The normalized spacial score (nSPS) is 13.8. The summed E-state index contributed by atoms with van der Waals surface area (Å²) in [5.41, 5.74) is 1.50. The second-order valence-corrected chi connectivity index (χ2v) is 9.16. The molecular formula is C24H27ClN4O3S. The third-order valence-corrected chi connectivity index (χ3v) is 6.72. The number of ether oxygens (including phenoxy) is 2. The first-order valence-electron chi connectivity index (χ1n) is 11.0. The number of hydrogen-bond acceptors (Lipinski definition) is 6. The van der Waals surface area contributed by atoms with E-state index in [0.29, 0.717) is 34.3 Å². The summed E-state index contributed by atoms with van der Waals surface area (Å²) < 4.78 is 13.3. The van der Waals surface area contributed by atoms with Crippen molar-refractivity contribution in [1.82, 2.24) is 14.8 Å². The molecule has 7 nitrogen and oxygen atoms in total. The van der Waals surface area contributed by atoms with Crippen molar-refractivity contribution in [3.8, 4) is 22.9 Å². The highest BCUT2D eigenvalue weighted by Crippen LogP contribution is 2.30. The number of carbonyl (C=O) groups excluding carboxylic acids is 1. The Morgan fingerprint density at radius 1 is 1.18 bits per heavy atom. The third kappa shape index (κ3) is 5.81. The molecule has 1 saturated carbocycles. The summed E-state index contributed by atoms with van der Waals surface area (Å²) in [5.74, 6) is 2.21. The van der Waals surface area contributed by atoms with Crippen LogP contribution in [0.1, 0.15) is 32.6 Å². The lowest BCUT2D eigenvalue weighted by Crippen LogP contribution is -2.15. The molecule has 0 aliphatic heterocycles. The van der Waals surface area contributed by atoms with Crippen molar-refractivity contribution < 1.29 is 14.3 Å². The molecule has 1 N–H and O–H groups in total. The first-order chi connectivity index (χ1) is 16.1. The number of rotatable bonds is 9. The van der Waals surface area contributed by atoms with Crippen LogP contribution in [0.15, 0.2) is 47.6 Å². The van der Waals surface area contributed by atoms with Gasteiger partial charge in [0.15, 0.2) is 11.0 Å². The molecular weight excluding hydrogens is 460 g/mol. The van der Waals surface area contributed by atoms with Gasteiger partial charge in [0, 0.05) is 17.1 Å². The number of halogens is 1. The lowest BCUT2D eigenvalue weighted by Gasteiger charge is -2.13. The molecule has 0 unspecified atom stereocenters. The number of carbonyl (C=O) groups is 1. The van der Waals surface area contributed by atoms with Gasteiger partial charge in [-0.2, -0.15) is 0 Å². The minimum Gasteiger partial charge on any atom is -0.495 e. The van der Waals surface area contributed by atoms with Gasteiger partial charge in [0.2, 0.25) is 5.91 Å². The summed E-state index contributed by atoms with van der Waals surface area (Å²) in [5, 5.41) is 12.7. The number of nitrogens with zero attached hydrogens (tertiary/aromatic N) is 3. The van der Waals surface area contributed by atoms with Crippen molar-refractivity contribution in [1.29, 1.82) is 0 Å². The van der Waals surface area contributed by atoms with Gasteiger partial charge in [-0.15, -0.1) is 10.2 Å². The number of thioether (sulfide) groups is 1. The topological polar surface area (TPSA) is 78.3 Å². The zero-order valence-corrected chi connectivity index (χ0v) is 20.3. The zero-order chi connectivity index (χ0) is 23.2. The van der Waals surface area contributed by atoms with E-state index in [1.54, 1.807) is 25.3 Å². The molecule has 0 bridgehead atoms. The van der Waals surface area contributed by atoms with E-state index >= 15 is 0 Å². The maximum absolute atomic E-state index is 12.5. The largest absolute Gasteiger partial charge is 0.495 e. The van der Waals surface area contributed by atoms with Crippen LogP contribution in [0.4, 0.5) is 5.69 Å². The molecule has 1 aliphatic carbocycles. The monoisotopic (exact) mass is 486 g/mol. The predicted octanol–water partition coefficient (Wildman–Crippen LogP) is 5.68. The number of amides is 1. The molecule has 0 atom stereocenters. The Labute approximate surface area is 202 Å². The van der Waals surface area contributed by atoms with Crippen LogP contribution in [0, 0.1) is 0 Å². The number of nitrogens with one attached hydrogen (secondary N) is 1. The lowest BCUT2D eigenvalue weighted by molar-refractivity contribution is -0.113. The number of anilines is 1. The van der Waals surface area contributed by atoms with Gasteiger partial charge in [-0.25, -0.2) is 0 Å². The lowest BCUT2D eigenvalue weighted by atomic mass is 10.2. The van der Waals surface area contributed by atoms with Crippen molar-refractivity contribution in [2.24, 2.45) is 0 Å². The second kappa shape index (κ2) is 10.9. The summed E-state index contributed by atoms with van der Waals surface area (Å²) in [7, 11) is 1.55. The molecule has 174 valence electrons. The quantitative estimate of drug-likeness (QED) is 0.392. The van der Waals surface area contributed by atoms with E-state index in [2.05, 4.69) is 15.5 Å². The minimum absolute atomic E-state index is 0.179. The Morgan fingerprint density at radius 3 is 2.64 bits per heavy atom. The Hall–Kier alpha value is -2.71. The number of benzene rings is 2. The van der Waals surface area contributed by atoms with E-state index in [9.17, 15) is 4.79 Å². The standard InChI is InChI=1S/C24H27ClN4O3S/c1-3-29-23(16-8-11-19(12-9-16)32-18-6-4-5-7-18)27-28-24(29)33-15-22(30)26-20-14-17(25)10-13-21(20)31-2/h8-14,18H,3-7,15H2,1-2H3,(H,26,30). The first kappa shape index (κ1) is 23.4. The van der Waals surface area contributed by atoms with Crippen molar-refractivity contribution in [3.05, 3.63) is 47.5 Å². The van der Waals surface area contributed by atoms with Gasteiger partial charge < -0.3 is 19.4 Å². The van der Waals surface area contributed by atoms with E-state index in [-0.39, 0.29) is 11.7 Å². The maximum atomic E-state index is 12.5. The van der Waals surface area contributed by atoms with E-state index in [4.69, 9.17) is 21.1 Å². The van der Waals surface area contributed by atoms with Crippen LogP contribution in [-0.2, 0) is 11.3 Å². The molecule has 9 heteroatoms. The molecule has 0 spiro atoms. The number of hydrogen-bond donors (Lipinski definition) is 1. The van der Waals surface area contributed by atoms with Crippen LogP contribution in [-0.4, -0.2) is 39.6 Å². The van der Waals surface area contributed by atoms with Crippen molar-refractivity contribution in [2.75, 3.05) is 18.2 Å². The molecule has 1 fully saturated rings. The summed E-state index contributed by atoms with van der Waals surface area (Å²) >= 11 is 7.38. The maximum Gasteiger partial charge on any atom is 0.234 e. The highest BCUT2D eigenvalue weighted by molar-refractivity contribution is 7.99. The van der Waals surface area contributed by atoms with E-state index in [1.165, 1.54) is 24.6 Å². The fourth-order valence-electron chi connectivity index (χ4n) is 3.87. The average molecular weight is 487 g/mol. The Balaban J connectivity index is 1.40. The van der Waals surface area contributed by atoms with E-state index < -0.39 is 0 Å². The Morgan fingerprint density at radius 2 is 1.94 bits per heavy atom. The van der Waals surface area contributed by atoms with Crippen LogP contribution >= 0.6 is 23.4 Å². The van der Waals surface area contributed by atoms with Crippen LogP contribution in [0.3, 0.4) is 0 Å². The van der Waals surface area contributed by atoms with Crippen LogP contribution in [0.25, 0.3) is 11.4 Å². The van der Waals surface area contributed by atoms with Gasteiger partial charge in [-0.1, -0.05) is 23.4 Å². The molecule has 2 aromatic carbocycles. The van der Waals surface area contributed by atoms with Gasteiger partial charge in [-0.3, -0.25) is 4.79 Å². The van der Waals surface area contributed by atoms with Crippen LogP contribution < -0.4 is 14.8 Å². The smallest absolute Gasteiger partial charge is 0.234 e. The molecule has 1 amide bonds. The molecule has 3 aromatic rings. The molecule has 4 rings (SSSR count). The van der Waals surface area contributed by atoms with Crippen molar-refractivity contribution in [2.45, 2.75) is 50.4 Å². The van der Waals surface area contributed by atoms with E-state index in [0.717, 1.165) is 30.0 Å². The summed E-state index contributed by atoms with van der Waals surface area (Å²) in [6, 6.07) is 13.1. The highest BCUT2D eigenvalue weighted by Gasteiger charge is 2.18. The van der Waals surface area contributed by atoms with Gasteiger partial charge in [0.05, 0.1) is 24.7 Å². The third-order valence-electron chi connectivity index (χ3n) is 5.52. The number of aromatic nitrogens is 3. The van der Waals surface area contributed by atoms with Crippen molar-refractivity contribution in [3.63, 3.8) is 0 Å². The Bertz CT molecular complexity index is 1100. The molecule has 1 heterocycles. The first-order valence-corrected chi connectivity index (χ1v) is 12.4. The summed E-state index contributed by atoms with van der Waals surface area (Å²) in [6.45, 7) is 2.72. The number of methoxy groups -OCH3 is 1. The fourth-order valence-corrected chi connectivity index (χ4v) is 4.84. The Kier molecular flexibility index (Phi) is 7.77. The molecule has 1 aromatic heterocycles. The van der Waals surface area contributed by atoms with E-state index in [1.807, 2.05) is 35.8 Å². The van der Waals surface area contributed by atoms with Crippen molar-refractivity contribution >= 4 is 35.0 Å². The highest BCUT2D eigenvalue weighted by atomic mass is 35.5. The zero-order valence-electron chi connectivity index (χ0n) is 18.7. The predicted molar refractivity (Wildman–Crippen MR) is 131 cm³/mol. The molecule has 33 heavy (non-hydrogen) atoms. The SMILES string of the molecule is CCn1c(SCC(=O)Nc2cc(Cl)ccc2OC)nnc1-c1ccc(OC2CCCC2)cc1. The van der Waals surface area contributed by atoms with Gasteiger partial charge in [-0.05, 0) is 75.1 Å². The molecule has 0 radical (unpaired) electrons. The molecule has 1 aliphatic rings. The second-order valence-electron chi connectivity index (χ2n) is 7.78. The summed E-state index contributed by atoms with van der Waals surface area (Å²) in [4.78, 5) is 12.5. The minimum atomic E-state index is -0.179. The molecule has 0 saturated heterocycles. The van der Waals surface area contributed by atoms with Gasteiger partial charge in [0.1, 0.15) is 11.5 Å². The van der Waals surface area contributed by atoms with Gasteiger partial charge >= 0.3 is 0 Å². The van der Waals surface area contributed by atoms with Gasteiger partial charge in [0.25, 0.3) is 0 Å². The summed E-state index contributed by atoms with van der Waals surface area (Å²) in [6.07, 6.45) is 5.08. The van der Waals surface area contributed by atoms with Crippen LogP contribution in [0.5, 0.6) is 11.5 Å². The average Bonchev–Trinajstić information content (AvgIpc) is 3.48.